The van der Waals surface area contributed by atoms with Crippen molar-refractivity contribution in [1.29, 1.82) is 0 Å². The maximum atomic E-state index is 13.1. The molecule has 0 atom stereocenters. The van der Waals surface area contributed by atoms with Crippen LogP contribution in [-0.4, -0.2) is 13.1 Å². The van der Waals surface area contributed by atoms with Gasteiger partial charge in [0, 0.05) is 12.0 Å². The maximum Gasteiger partial charge on any atom is 0.123 e. The fourth-order valence-corrected chi connectivity index (χ4v) is 3.14. The van der Waals surface area contributed by atoms with Gasteiger partial charge < -0.3 is 5.32 Å². The van der Waals surface area contributed by atoms with Crippen LogP contribution in [0.5, 0.6) is 0 Å². The Hall–Kier alpha value is -0.890. The molecule has 1 nitrogen and oxygen atoms in total. The van der Waals surface area contributed by atoms with E-state index in [0.29, 0.717) is 0 Å². The Morgan fingerprint density at radius 2 is 1.67 bits per heavy atom. The molecule has 0 bridgehead atoms. The Kier molecular flexibility index (Phi) is 4.76. The molecule has 100 valence electrons. The van der Waals surface area contributed by atoms with E-state index in [4.69, 9.17) is 0 Å². The van der Waals surface area contributed by atoms with Crippen LogP contribution in [0.25, 0.3) is 0 Å². The van der Waals surface area contributed by atoms with Gasteiger partial charge in [0.2, 0.25) is 0 Å². The van der Waals surface area contributed by atoms with Crippen LogP contribution < -0.4 is 5.32 Å². The molecule has 0 unspecified atom stereocenters. The maximum absolute atomic E-state index is 13.1. The molecular weight excluding hydrogens is 225 g/mol. The van der Waals surface area contributed by atoms with Gasteiger partial charge in [0.05, 0.1) is 0 Å². The number of rotatable bonds is 4. The van der Waals surface area contributed by atoms with Gasteiger partial charge in [-0.25, -0.2) is 4.39 Å². The van der Waals surface area contributed by atoms with E-state index >= 15 is 0 Å². The Morgan fingerprint density at radius 3 is 2.22 bits per heavy atom. The fraction of sp³-hybridized carbons (Fsp3) is 0.625. The van der Waals surface area contributed by atoms with Gasteiger partial charge in [-0.05, 0) is 37.1 Å². The largest absolute Gasteiger partial charge is 0.316 e. The molecule has 0 heterocycles. The van der Waals surface area contributed by atoms with E-state index in [-0.39, 0.29) is 11.2 Å². The molecule has 0 aliphatic heterocycles. The first kappa shape index (κ1) is 13.5. The average Bonchev–Trinajstić information content (AvgIpc) is 2.64. The first-order valence-corrected chi connectivity index (χ1v) is 7.24. The second-order valence-corrected chi connectivity index (χ2v) is 5.48. The second kappa shape index (κ2) is 6.33. The normalized spacial score (nSPS) is 19.4. The van der Waals surface area contributed by atoms with Gasteiger partial charge in [0.1, 0.15) is 5.82 Å². The fourth-order valence-electron chi connectivity index (χ4n) is 3.14. The van der Waals surface area contributed by atoms with Crippen LogP contribution in [0.3, 0.4) is 0 Å². The van der Waals surface area contributed by atoms with E-state index in [2.05, 4.69) is 12.2 Å². The highest BCUT2D eigenvalue weighted by atomic mass is 19.1. The highest BCUT2D eigenvalue weighted by molar-refractivity contribution is 5.27. The van der Waals surface area contributed by atoms with Crippen molar-refractivity contribution in [3.8, 4) is 0 Å². The van der Waals surface area contributed by atoms with Crippen molar-refractivity contribution in [3.63, 3.8) is 0 Å². The highest BCUT2D eigenvalue weighted by Gasteiger charge is 2.32. The van der Waals surface area contributed by atoms with Crippen molar-refractivity contribution >= 4 is 0 Å². The highest BCUT2D eigenvalue weighted by Crippen LogP contribution is 2.37. The molecule has 1 aromatic carbocycles. The molecule has 2 heteroatoms. The predicted molar refractivity (Wildman–Crippen MR) is 74.3 cm³/mol. The summed E-state index contributed by atoms with van der Waals surface area (Å²) in [7, 11) is 0. The lowest BCUT2D eigenvalue weighted by atomic mass is 9.74. The van der Waals surface area contributed by atoms with E-state index in [1.807, 2.05) is 12.1 Å². The Bertz CT molecular complexity index is 350. The summed E-state index contributed by atoms with van der Waals surface area (Å²) in [6, 6.07) is 7.18. The quantitative estimate of drug-likeness (QED) is 0.794. The molecular formula is C16H24FN. The molecule has 18 heavy (non-hydrogen) atoms. The number of hydrogen-bond acceptors (Lipinski definition) is 1. The predicted octanol–water partition coefficient (Wildman–Crippen LogP) is 4.03. The molecule has 0 aromatic heterocycles. The molecule has 1 saturated carbocycles. The Morgan fingerprint density at radius 1 is 1.06 bits per heavy atom. The van der Waals surface area contributed by atoms with Crippen molar-refractivity contribution in [3.05, 3.63) is 35.6 Å². The summed E-state index contributed by atoms with van der Waals surface area (Å²) >= 11 is 0. The van der Waals surface area contributed by atoms with Crippen LogP contribution in [0.2, 0.25) is 0 Å². The van der Waals surface area contributed by atoms with Gasteiger partial charge in [-0.2, -0.15) is 0 Å². The summed E-state index contributed by atoms with van der Waals surface area (Å²) in [5, 5.41) is 3.51. The molecule has 0 saturated heterocycles. The number of nitrogens with one attached hydrogen (secondary N) is 1. The molecule has 0 spiro atoms. The first-order valence-electron chi connectivity index (χ1n) is 7.24. The van der Waals surface area contributed by atoms with Crippen molar-refractivity contribution in [2.45, 2.75) is 50.9 Å². The van der Waals surface area contributed by atoms with E-state index in [0.717, 1.165) is 13.1 Å². The lowest BCUT2D eigenvalue weighted by molar-refractivity contribution is 0.350. The van der Waals surface area contributed by atoms with Gasteiger partial charge in [-0.3, -0.25) is 0 Å². The van der Waals surface area contributed by atoms with Crippen molar-refractivity contribution in [2.24, 2.45) is 0 Å². The van der Waals surface area contributed by atoms with E-state index in [1.54, 1.807) is 12.1 Å². The van der Waals surface area contributed by atoms with Gasteiger partial charge >= 0.3 is 0 Å². The molecule has 1 N–H and O–H groups in total. The van der Waals surface area contributed by atoms with Gasteiger partial charge in [-0.15, -0.1) is 0 Å². The third-order valence-corrected chi connectivity index (χ3v) is 4.23. The van der Waals surface area contributed by atoms with Crippen molar-refractivity contribution in [2.75, 3.05) is 13.1 Å². The average molecular weight is 249 g/mol. The zero-order valence-electron chi connectivity index (χ0n) is 11.3. The zero-order chi connectivity index (χ0) is 12.8. The summed E-state index contributed by atoms with van der Waals surface area (Å²) in [5.41, 5.74) is 1.53. The van der Waals surface area contributed by atoms with E-state index in [9.17, 15) is 4.39 Å². The third-order valence-electron chi connectivity index (χ3n) is 4.23. The van der Waals surface area contributed by atoms with Crippen LogP contribution in [-0.2, 0) is 5.41 Å². The van der Waals surface area contributed by atoms with Crippen LogP contribution in [0.15, 0.2) is 24.3 Å². The molecule has 2 rings (SSSR count). The van der Waals surface area contributed by atoms with Crippen molar-refractivity contribution < 1.29 is 4.39 Å². The minimum atomic E-state index is -0.133. The standard InChI is InChI=1S/C16H24FN/c1-2-18-13-16(11-5-3-4-6-12-16)14-7-9-15(17)10-8-14/h7-10,18H,2-6,11-13H2,1H3. The Balaban J connectivity index is 2.24. The zero-order valence-corrected chi connectivity index (χ0v) is 11.3. The number of benzene rings is 1. The number of likely N-dealkylation sites (N-methyl/N-ethyl adjacent to an activating group) is 1. The first-order chi connectivity index (χ1) is 8.77. The number of halogens is 1. The SMILES string of the molecule is CCNCC1(c2ccc(F)cc2)CCCCCC1. The third kappa shape index (κ3) is 3.11. The smallest absolute Gasteiger partial charge is 0.123 e. The van der Waals surface area contributed by atoms with Crippen LogP contribution in [0, 0.1) is 5.82 Å². The van der Waals surface area contributed by atoms with Crippen LogP contribution >= 0.6 is 0 Å². The van der Waals surface area contributed by atoms with Gasteiger partial charge in [-0.1, -0.05) is 44.7 Å². The second-order valence-electron chi connectivity index (χ2n) is 5.48. The molecule has 0 radical (unpaired) electrons. The van der Waals surface area contributed by atoms with E-state index in [1.165, 1.54) is 44.1 Å². The Labute approximate surface area is 110 Å². The number of hydrogen-bond donors (Lipinski definition) is 1. The molecule has 0 amide bonds. The topological polar surface area (TPSA) is 12.0 Å². The summed E-state index contributed by atoms with van der Waals surface area (Å²) < 4.78 is 13.1. The summed E-state index contributed by atoms with van der Waals surface area (Å²) in [6.07, 6.45) is 7.73. The molecule has 1 fully saturated rings. The summed E-state index contributed by atoms with van der Waals surface area (Å²) in [4.78, 5) is 0. The van der Waals surface area contributed by atoms with Crippen LogP contribution in [0.1, 0.15) is 51.0 Å². The van der Waals surface area contributed by atoms with E-state index < -0.39 is 0 Å². The van der Waals surface area contributed by atoms with Gasteiger partial charge in [0.15, 0.2) is 0 Å². The minimum absolute atomic E-state index is 0.133. The molecule has 1 aliphatic rings. The minimum Gasteiger partial charge on any atom is -0.316 e. The monoisotopic (exact) mass is 249 g/mol. The van der Waals surface area contributed by atoms with Crippen molar-refractivity contribution in [1.82, 2.24) is 5.32 Å². The lowest BCUT2D eigenvalue weighted by Gasteiger charge is -2.34. The summed E-state index contributed by atoms with van der Waals surface area (Å²) in [5.74, 6) is -0.133. The lowest BCUT2D eigenvalue weighted by Crippen LogP contribution is -2.38. The van der Waals surface area contributed by atoms with Crippen LogP contribution in [0.4, 0.5) is 4.39 Å². The van der Waals surface area contributed by atoms with Gasteiger partial charge in [0.25, 0.3) is 0 Å². The molecule has 1 aliphatic carbocycles. The molecule has 1 aromatic rings. The summed E-state index contributed by atoms with van der Waals surface area (Å²) in [6.45, 7) is 4.17.